The van der Waals surface area contributed by atoms with Crippen molar-refractivity contribution in [3.05, 3.63) is 100 Å². The summed E-state index contributed by atoms with van der Waals surface area (Å²) in [5.41, 5.74) is 20.3. The molecule has 1 aromatic heterocycles. The minimum Gasteiger partial charge on any atom is -0.372 e. The number of carbonyl (C=O) groups is 5. The molecule has 16 nitrogen and oxygen atoms in total. The summed E-state index contributed by atoms with van der Waals surface area (Å²) in [7, 11) is 3.32. The van der Waals surface area contributed by atoms with Gasteiger partial charge >= 0.3 is 0 Å². The smallest absolute Gasteiger partial charge is 0.243 e. The number of piperidine rings is 1. The molecule has 0 radical (unpaired) electrons. The Morgan fingerprint density at radius 3 is 2.22 bits per heavy atom. The summed E-state index contributed by atoms with van der Waals surface area (Å²) in [6, 6.07) is 21.7. The molecule has 9 N–H and O–H groups in total. The highest BCUT2D eigenvalue weighted by Gasteiger charge is 2.30. The van der Waals surface area contributed by atoms with Gasteiger partial charge in [-0.05, 0) is 100 Å². The van der Waals surface area contributed by atoms with Gasteiger partial charge in [0.15, 0.2) is 12.1 Å². The van der Waals surface area contributed by atoms with Gasteiger partial charge in [-0.3, -0.25) is 39.1 Å². The molecule has 3 fully saturated rings. The van der Waals surface area contributed by atoms with Crippen LogP contribution in [0.2, 0.25) is 5.02 Å². The Morgan fingerprint density at radius 1 is 0.906 bits per heavy atom. The molecular weight excluding hydrogens is 834 g/mol. The molecule has 3 aromatic carbocycles. The van der Waals surface area contributed by atoms with Crippen molar-refractivity contribution in [2.45, 2.75) is 76.5 Å². The lowest BCUT2D eigenvalue weighted by Crippen LogP contribution is -2.51. The van der Waals surface area contributed by atoms with E-state index in [2.05, 4.69) is 71.2 Å². The van der Waals surface area contributed by atoms with E-state index in [1.54, 1.807) is 24.3 Å². The Morgan fingerprint density at radius 2 is 1.58 bits per heavy atom. The molecule has 0 spiro atoms. The van der Waals surface area contributed by atoms with Crippen LogP contribution in [-0.4, -0.2) is 109 Å². The number of nitrogens with one attached hydrogen (secondary N) is 3. The van der Waals surface area contributed by atoms with E-state index >= 15 is 0 Å². The van der Waals surface area contributed by atoms with E-state index < -0.39 is 0 Å². The van der Waals surface area contributed by atoms with E-state index in [0.717, 1.165) is 74.8 Å². The Labute approximate surface area is 380 Å². The van der Waals surface area contributed by atoms with Crippen LogP contribution in [-0.2, 0) is 20.9 Å². The average molecular weight is 895 g/mol. The van der Waals surface area contributed by atoms with Gasteiger partial charge in [0.1, 0.15) is 11.3 Å². The van der Waals surface area contributed by atoms with Crippen molar-refractivity contribution >= 4 is 71.2 Å². The number of hydrogen-bond acceptors (Lipinski definition) is 14. The summed E-state index contributed by atoms with van der Waals surface area (Å²) in [6.07, 6.45) is 9.76. The van der Waals surface area contributed by atoms with Crippen LogP contribution in [0.4, 0.5) is 28.8 Å². The number of amides is 3. The molecule has 3 aliphatic rings. The maximum Gasteiger partial charge on any atom is 0.243 e. The van der Waals surface area contributed by atoms with E-state index in [4.69, 9.17) is 22.1 Å². The highest BCUT2D eigenvalue weighted by molar-refractivity contribution is 6.33. The van der Waals surface area contributed by atoms with Gasteiger partial charge < -0.3 is 32.7 Å². The average Bonchev–Trinajstić information content (AvgIpc) is 3.31. The number of piperazine rings is 1. The van der Waals surface area contributed by atoms with Crippen LogP contribution in [0, 0.1) is 11.8 Å². The van der Waals surface area contributed by atoms with Gasteiger partial charge in [-0.1, -0.05) is 48.6 Å². The Kier molecular flexibility index (Phi) is 20.8. The van der Waals surface area contributed by atoms with E-state index in [1.165, 1.54) is 31.8 Å². The van der Waals surface area contributed by atoms with Crippen LogP contribution in [0.5, 0.6) is 0 Å². The van der Waals surface area contributed by atoms with Crippen molar-refractivity contribution < 1.29 is 24.0 Å². The lowest BCUT2D eigenvalue weighted by molar-refractivity contribution is -0.137. The first-order chi connectivity index (χ1) is 31.0. The van der Waals surface area contributed by atoms with Crippen LogP contribution in [0.25, 0.3) is 0 Å². The molecule has 340 valence electrons. The predicted octanol–water partition coefficient (Wildman–Crippen LogP) is 5.00. The number of nitrogens with zero attached hydrogens (tertiary/aromatic N) is 5. The number of aldehydes is 2. The van der Waals surface area contributed by atoms with Crippen molar-refractivity contribution in [2.24, 2.45) is 17.2 Å². The lowest BCUT2D eigenvalue weighted by Gasteiger charge is -2.42. The number of imide groups is 1. The van der Waals surface area contributed by atoms with Gasteiger partial charge in [0.05, 0.1) is 17.9 Å². The first-order valence-electron chi connectivity index (χ1n) is 21.3. The fourth-order valence-corrected chi connectivity index (χ4v) is 7.80. The number of carbonyl (C=O) groups excluding carboxylic acids is 5. The summed E-state index contributed by atoms with van der Waals surface area (Å²) in [5, 5.41) is 9.09. The quantitative estimate of drug-likeness (QED) is 0.0661. The predicted molar refractivity (Wildman–Crippen MR) is 253 cm³/mol. The van der Waals surface area contributed by atoms with Crippen LogP contribution < -0.4 is 38.1 Å². The van der Waals surface area contributed by atoms with Crippen LogP contribution >= 0.6 is 11.6 Å². The Hall–Kier alpha value is -6.22. The molecule has 1 aliphatic carbocycles. The van der Waals surface area contributed by atoms with Gasteiger partial charge in [-0.15, -0.1) is 0 Å². The highest BCUT2D eigenvalue weighted by Crippen LogP contribution is 2.28. The second kappa shape index (κ2) is 26.4. The molecule has 1 saturated carbocycles. The molecular formula is C47H60ClN11O5. The Balaban J connectivity index is 0.000000276. The van der Waals surface area contributed by atoms with Gasteiger partial charge in [0.25, 0.3) is 0 Å². The summed E-state index contributed by atoms with van der Waals surface area (Å²) >= 11 is 6.30. The van der Waals surface area contributed by atoms with E-state index in [1.807, 2.05) is 49.2 Å². The molecule has 1 atom stereocenters. The molecule has 64 heavy (non-hydrogen) atoms. The maximum atomic E-state index is 11.9. The second-order valence-corrected chi connectivity index (χ2v) is 15.6. The number of likely N-dealkylation sites (N-methyl/N-ethyl adjacent to an activating group) is 1. The second-order valence-electron chi connectivity index (χ2n) is 15.2. The summed E-state index contributed by atoms with van der Waals surface area (Å²) in [5.74, 6) is 6.38. The molecule has 2 saturated heterocycles. The van der Waals surface area contributed by atoms with E-state index in [0.29, 0.717) is 65.1 Å². The zero-order chi connectivity index (χ0) is 46.4. The number of hydrogen-bond donors (Lipinski definition) is 6. The molecule has 7 rings (SSSR count). The minimum atomic E-state index is -0.363. The van der Waals surface area contributed by atoms with E-state index in [-0.39, 0.29) is 24.3 Å². The standard InChI is InChI=1S/C27H32ClN7O.C18H20N2O3.CH3NO.CH5N/c28-24-17-30-27(33-26(24)32-25-4-2-1-3-19(25)18-36)31-21-7-11-23(12-8-21)35-15-13-34(14-16-35)22-9-5-20(29)6-10-22;1-3-4-5-13-6-7-14(12-21)15(10-13)11-20(2)16-8-9-17(22)19-18(16)23;2-1-3;1-2/h1-4,7-8,11-12,17-18,20,22H,5-6,9-10,13-16,29H2,(H2,30,31,32,33);6-7,10,12,16H,3,8-9,11H2,1-2H3,(H,19,22,23);1H,(H2,2,3);2H2,1H3. The summed E-state index contributed by atoms with van der Waals surface area (Å²) in [4.78, 5) is 70.1. The molecule has 1 unspecified atom stereocenters. The number of para-hydroxylation sites is 1. The number of primary amides is 1. The van der Waals surface area contributed by atoms with Crippen LogP contribution in [0.15, 0.2) is 72.9 Å². The first-order valence-corrected chi connectivity index (χ1v) is 21.7. The minimum absolute atomic E-state index is 0.231. The summed E-state index contributed by atoms with van der Waals surface area (Å²) < 4.78 is 0. The molecule has 3 amide bonds. The largest absolute Gasteiger partial charge is 0.372 e. The number of halogens is 1. The first kappa shape index (κ1) is 50.4. The number of aromatic nitrogens is 2. The third-order valence-corrected chi connectivity index (χ3v) is 11.3. The van der Waals surface area contributed by atoms with Crippen LogP contribution in [0.3, 0.4) is 0 Å². The maximum absolute atomic E-state index is 11.9. The zero-order valence-electron chi connectivity index (χ0n) is 36.8. The lowest BCUT2D eigenvalue weighted by atomic mass is 9.90. The number of anilines is 5. The fourth-order valence-electron chi connectivity index (χ4n) is 7.66. The number of nitrogens with two attached hydrogens (primary N) is 3. The molecule has 17 heteroatoms. The molecule has 0 bridgehead atoms. The third-order valence-electron chi connectivity index (χ3n) is 11.0. The van der Waals surface area contributed by atoms with E-state index in [9.17, 15) is 19.2 Å². The zero-order valence-corrected chi connectivity index (χ0v) is 37.5. The van der Waals surface area contributed by atoms with Crippen molar-refractivity contribution in [2.75, 3.05) is 55.8 Å². The Bertz CT molecular complexity index is 2220. The third kappa shape index (κ3) is 15.0. The highest BCUT2D eigenvalue weighted by atomic mass is 35.5. The van der Waals surface area contributed by atoms with Gasteiger partial charge in [0.2, 0.25) is 24.2 Å². The van der Waals surface area contributed by atoms with Crippen molar-refractivity contribution in [1.82, 2.24) is 25.1 Å². The van der Waals surface area contributed by atoms with Gasteiger partial charge in [-0.2, -0.15) is 4.98 Å². The monoisotopic (exact) mass is 893 g/mol. The van der Waals surface area contributed by atoms with Gasteiger partial charge in [0, 0.05) is 85.7 Å². The summed E-state index contributed by atoms with van der Waals surface area (Å²) in [6.45, 7) is 6.69. The molecule has 4 aromatic rings. The SMILES string of the molecule is CCC#Cc1ccc(C=O)c(CN(C)C2CCC(=O)NC2=O)c1.CN.NC1CCC(N2CCN(c3ccc(Nc4ncc(Cl)c(Nc5ccccc5C=O)n4)cc3)CC2)CC1.NC=O. The normalized spacial score (nSPS) is 18.2. The number of rotatable bonds is 11. The topological polar surface area (TPSA) is 235 Å². The number of benzene rings is 3. The van der Waals surface area contributed by atoms with Crippen molar-refractivity contribution in [3.8, 4) is 11.8 Å². The molecule has 2 aliphatic heterocycles. The van der Waals surface area contributed by atoms with Crippen LogP contribution in [0.1, 0.15) is 83.7 Å². The fraction of sp³-hybridized carbons (Fsp3) is 0.383. The van der Waals surface area contributed by atoms with Gasteiger partial charge in [-0.25, -0.2) is 4.98 Å². The van der Waals surface area contributed by atoms with Crippen molar-refractivity contribution in [3.63, 3.8) is 0 Å². The van der Waals surface area contributed by atoms with Crippen molar-refractivity contribution in [1.29, 1.82) is 0 Å². The molecule has 3 heterocycles.